The van der Waals surface area contributed by atoms with Crippen LogP contribution in [0.25, 0.3) is 0 Å². The van der Waals surface area contributed by atoms with Crippen LogP contribution in [0.15, 0.2) is 0 Å². The number of fused-ring (bicyclic) bond motifs is 2. The van der Waals surface area contributed by atoms with Crippen molar-refractivity contribution in [2.75, 3.05) is 19.6 Å². The summed E-state index contributed by atoms with van der Waals surface area (Å²) in [6, 6.07) is 0.242. The van der Waals surface area contributed by atoms with Gasteiger partial charge in [0, 0.05) is 19.1 Å². The Hall–Kier alpha value is -0.770. The first-order valence-corrected chi connectivity index (χ1v) is 3.97. The van der Waals surface area contributed by atoms with Gasteiger partial charge in [-0.25, -0.2) is 4.79 Å². The summed E-state index contributed by atoms with van der Waals surface area (Å²) >= 11 is 0. The summed E-state index contributed by atoms with van der Waals surface area (Å²) in [7, 11) is 0. The summed E-state index contributed by atoms with van der Waals surface area (Å²) in [5.74, 6) is 0.560. The number of piperidine rings is 1. The Kier molecular flexibility index (Phi) is 1.49. The summed E-state index contributed by atoms with van der Waals surface area (Å²) in [5, 5.41) is 12.0. The molecular weight excluding hydrogens is 144 g/mol. The highest BCUT2D eigenvalue weighted by molar-refractivity contribution is 5.66. The molecule has 2 heterocycles. The normalized spacial score (nSPS) is 35.8. The zero-order chi connectivity index (χ0) is 7.84. The smallest absolute Gasteiger partial charge is 0.407 e. The highest BCUT2D eigenvalue weighted by Gasteiger charge is 2.37. The van der Waals surface area contributed by atoms with Gasteiger partial charge in [0.15, 0.2) is 0 Å². The van der Waals surface area contributed by atoms with Gasteiger partial charge in [-0.05, 0) is 18.9 Å². The van der Waals surface area contributed by atoms with Crippen LogP contribution in [0.1, 0.15) is 6.42 Å². The van der Waals surface area contributed by atoms with Gasteiger partial charge in [-0.15, -0.1) is 0 Å². The Morgan fingerprint density at radius 3 is 3.00 bits per heavy atom. The summed E-state index contributed by atoms with van der Waals surface area (Å²) in [6.45, 7) is 2.55. The predicted molar refractivity (Wildman–Crippen MR) is 39.5 cm³/mol. The summed E-state index contributed by atoms with van der Waals surface area (Å²) in [4.78, 5) is 12.2. The molecule has 62 valence electrons. The van der Waals surface area contributed by atoms with E-state index < -0.39 is 6.09 Å². The second-order valence-corrected chi connectivity index (χ2v) is 3.35. The number of carboxylic acid groups (broad SMARTS) is 1. The third-order valence-corrected chi connectivity index (χ3v) is 2.56. The van der Waals surface area contributed by atoms with Gasteiger partial charge >= 0.3 is 6.09 Å². The van der Waals surface area contributed by atoms with Crippen LogP contribution in [0.5, 0.6) is 0 Å². The standard InChI is InChI=1S/C7H12N2O2/c10-7(11)9-4-5-1-6(9)3-8-2-5/h5-6,8H,1-4H2,(H,10,11). The van der Waals surface area contributed by atoms with E-state index >= 15 is 0 Å². The molecule has 11 heavy (non-hydrogen) atoms. The van der Waals surface area contributed by atoms with Gasteiger partial charge in [-0.1, -0.05) is 0 Å². The Morgan fingerprint density at radius 1 is 1.55 bits per heavy atom. The van der Waals surface area contributed by atoms with E-state index in [2.05, 4.69) is 5.32 Å². The van der Waals surface area contributed by atoms with Gasteiger partial charge < -0.3 is 15.3 Å². The topological polar surface area (TPSA) is 52.6 Å². The first kappa shape index (κ1) is 6.91. The number of nitrogens with zero attached hydrogens (tertiary/aromatic N) is 1. The SMILES string of the molecule is O=C(O)N1CC2CNCC1C2. The van der Waals surface area contributed by atoms with Crippen molar-refractivity contribution in [3.05, 3.63) is 0 Å². The van der Waals surface area contributed by atoms with Crippen LogP contribution in [0.2, 0.25) is 0 Å². The molecule has 2 unspecified atom stereocenters. The van der Waals surface area contributed by atoms with E-state index in [1.165, 1.54) is 0 Å². The maximum atomic E-state index is 10.6. The molecule has 2 fully saturated rings. The van der Waals surface area contributed by atoms with Gasteiger partial charge in [-0.3, -0.25) is 0 Å². The monoisotopic (exact) mass is 156 g/mol. The molecule has 2 N–H and O–H groups in total. The van der Waals surface area contributed by atoms with Crippen LogP contribution in [-0.2, 0) is 0 Å². The number of amides is 1. The van der Waals surface area contributed by atoms with Crippen LogP contribution in [0, 0.1) is 5.92 Å². The molecule has 4 nitrogen and oxygen atoms in total. The molecule has 2 aliphatic rings. The molecule has 0 aromatic carbocycles. The van der Waals surface area contributed by atoms with Crippen LogP contribution in [0.3, 0.4) is 0 Å². The number of rotatable bonds is 0. The van der Waals surface area contributed by atoms with Gasteiger partial charge in [0.1, 0.15) is 0 Å². The molecule has 2 atom stereocenters. The molecule has 2 bridgehead atoms. The Bertz CT molecular complexity index is 183. The zero-order valence-corrected chi connectivity index (χ0v) is 6.29. The number of hydrogen-bond acceptors (Lipinski definition) is 2. The van der Waals surface area contributed by atoms with Crippen molar-refractivity contribution in [3.8, 4) is 0 Å². The Balaban J connectivity index is 2.08. The second-order valence-electron chi connectivity index (χ2n) is 3.35. The summed E-state index contributed by atoms with van der Waals surface area (Å²) in [6.07, 6.45) is 0.292. The van der Waals surface area contributed by atoms with Gasteiger partial charge in [0.05, 0.1) is 0 Å². The summed E-state index contributed by atoms with van der Waals surface area (Å²) in [5.41, 5.74) is 0. The van der Waals surface area contributed by atoms with Crippen molar-refractivity contribution in [1.82, 2.24) is 10.2 Å². The van der Waals surface area contributed by atoms with Gasteiger partial charge in [0.25, 0.3) is 0 Å². The molecule has 2 saturated heterocycles. The molecular formula is C7H12N2O2. The third kappa shape index (κ3) is 1.07. The lowest BCUT2D eigenvalue weighted by Crippen LogP contribution is -2.41. The Morgan fingerprint density at radius 2 is 2.36 bits per heavy atom. The first-order chi connectivity index (χ1) is 5.27. The fraction of sp³-hybridized carbons (Fsp3) is 0.857. The highest BCUT2D eigenvalue weighted by atomic mass is 16.4. The van der Waals surface area contributed by atoms with Crippen LogP contribution < -0.4 is 5.32 Å². The van der Waals surface area contributed by atoms with Gasteiger partial charge in [0.2, 0.25) is 0 Å². The van der Waals surface area contributed by atoms with Gasteiger partial charge in [-0.2, -0.15) is 0 Å². The van der Waals surface area contributed by atoms with Crippen molar-refractivity contribution < 1.29 is 9.90 Å². The predicted octanol–water partition coefficient (Wildman–Crippen LogP) is -0.0419. The van der Waals surface area contributed by atoms with Crippen molar-refractivity contribution >= 4 is 6.09 Å². The molecule has 0 saturated carbocycles. The second kappa shape index (κ2) is 2.37. The molecule has 1 amide bonds. The zero-order valence-electron chi connectivity index (χ0n) is 6.29. The number of nitrogens with one attached hydrogen (secondary N) is 1. The maximum Gasteiger partial charge on any atom is 0.407 e. The van der Waals surface area contributed by atoms with Crippen LogP contribution >= 0.6 is 0 Å². The summed E-state index contributed by atoms with van der Waals surface area (Å²) < 4.78 is 0. The maximum absolute atomic E-state index is 10.6. The van der Waals surface area contributed by atoms with E-state index in [4.69, 9.17) is 5.11 Å². The molecule has 0 spiro atoms. The minimum Gasteiger partial charge on any atom is -0.465 e. The minimum absolute atomic E-state index is 0.242. The average Bonchev–Trinajstić information content (AvgIpc) is 2.27. The number of hydrogen-bond donors (Lipinski definition) is 2. The molecule has 0 aliphatic carbocycles. The molecule has 2 aliphatic heterocycles. The molecule has 4 heteroatoms. The van der Waals surface area contributed by atoms with E-state index in [0.717, 1.165) is 26.1 Å². The molecule has 2 rings (SSSR count). The fourth-order valence-corrected chi connectivity index (χ4v) is 2.04. The Labute approximate surface area is 65.2 Å². The number of carbonyl (C=O) groups is 1. The van der Waals surface area contributed by atoms with Crippen molar-refractivity contribution in [1.29, 1.82) is 0 Å². The van der Waals surface area contributed by atoms with Crippen molar-refractivity contribution in [2.24, 2.45) is 5.92 Å². The van der Waals surface area contributed by atoms with E-state index in [1.54, 1.807) is 4.90 Å². The third-order valence-electron chi connectivity index (χ3n) is 2.56. The quantitative estimate of drug-likeness (QED) is 0.517. The van der Waals surface area contributed by atoms with E-state index in [1.807, 2.05) is 0 Å². The lowest BCUT2D eigenvalue weighted by atomic mass is 10.0. The highest BCUT2D eigenvalue weighted by Crippen LogP contribution is 2.25. The fourth-order valence-electron chi connectivity index (χ4n) is 2.04. The minimum atomic E-state index is -0.763. The number of likely N-dealkylation sites (tertiary alicyclic amines) is 1. The molecule has 0 aromatic rings. The average molecular weight is 156 g/mol. The lowest BCUT2D eigenvalue weighted by molar-refractivity contribution is 0.141. The first-order valence-electron chi connectivity index (χ1n) is 3.97. The largest absolute Gasteiger partial charge is 0.465 e. The van der Waals surface area contributed by atoms with Crippen molar-refractivity contribution in [2.45, 2.75) is 12.5 Å². The lowest BCUT2D eigenvalue weighted by Gasteiger charge is -2.22. The van der Waals surface area contributed by atoms with E-state index in [0.29, 0.717) is 5.92 Å². The van der Waals surface area contributed by atoms with E-state index in [9.17, 15) is 4.79 Å². The molecule has 0 aromatic heterocycles. The van der Waals surface area contributed by atoms with E-state index in [-0.39, 0.29) is 6.04 Å². The van der Waals surface area contributed by atoms with Crippen molar-refractivity contribution in [3.63, 3.8) is 0 Å². The van der Waals surface area contributed by atoms with Crippen LogP contribution in [-0.4, -0.2) is 41.8 Å². The molecule has 0 radical (unpaired) electrons. The van der Waals surface area contributed by atoms with Crippen LogP contribution in [0.4, 0.5) is 4.79 Å².